The Kier molecular flexibility index (Phi) is 5.66. The predicted octanol–water partition coefficient (Wildman–Crippen LogP) is 2.67. The first kappa shape index (κ1) is 13.7. The zero-order chi connectivity index (χ0) is 12.7. The second kappa shape index (κ2) is 7.04. The molecule has 0 radical (unpaired) electrons. The first-order chi connectivity index (χ1) is 8.24. The largest absolute Gasteiger partial charge is 0.461 e. The van der Waals surface area contributed by atoms with Crippen molar-refractivity contribution in [1.29, 1.82) is 0 Å². The van der Waals surface area contributed by atoms with Gasteiger partial charge in [-0.3, -0.25) is 0 Å². The van der Waals surface area contributed by atoms with Crippen LogP contribution in [0.3, 0.4) is 0 Å². The van der Waals surface area contributed by atoms with Crippen molar-refractivity contribution >= 4 is 5.97 Å². The average molecular weight is 239 g/mol. The van der Waals surface area contributed by atoms with Crippen molar-refractivity contribution in [3.05, 3.63) is 11.4 Å². The first-order valence-corrected chi connectivity index (χ1v) is 6.32. The van der Waals surface area contributed by atoms with E-state index >= 15 is 0 Å². The van der Waals surface area contributed by atoms with Crippen molar-refractivity contribution in [2.45, 2.75) is 52.4 Å². The Hall–Kier alpha value is -1.39. The van der Waals surface area contributed by atoms with Crippen LogP contribution < -0.4 is 0 Å². The molecule has 0 bridgehead atoms. The number of ether oxygens (including phenoxy) is 1. The van der Waals surface area contributed by atoms with E-state index in [1.807, 2.05) is 0 Å². The third-order valence-corrected chi connectivity index (χ3v) is 2.70. The Morgan fingerprint density at radius 3 is 2.41 bits per heavy atom. The smallest absolute Gasteiger partial charge is 0.360 e. The summed E-state index contributed by atoms with van der Waals surface area (Å²) in [5.74, 6) is -0.0865. The van der Waals surface area contributed by atoms with Crippen LogP contribution in [0.2, 0.25) is 0 Å². The fraction of sp³-hybridized carbons (Fsp3) is 0.750. The number of aromatic nitrogens is 3. The summed E-state index contributed by atoms with van der Waals surface area (Å²) in [6.07, 6.45) is 4.18. The van der Waals surface area contributed by atoms with E-state index in [1.165, 1.54) is 0 Å². The minimum absolute atomic E-state index is 0.295. The molecule has 1 N–H and O–H groups in total. The number of esters is 1. The van der Waals surface area contributed by atoms with Gasteiger partial charge in [0.2, 0.25) is 0 Å². The van der Waals surface area contributed by atoms with Gasteiger partial charge in [0, 0.05) is 5.92 Å². The van der Waals surface area contributed by atoms with Crippen LogP contribution in [0.5, 0.6) is 0 Å². The number of aromatic amines is 1. The van der Waals surface area contributed by atoms with Gasteiger partial charge in [0.15, 0.2) is 5.69 Å². The molecule has 0 saturated carbocycles. The summed E-state index contributed by atoms with van der Waals surface area (Å²) in [7, 11) is 0. The van der Waals surface area contributed by atoms with Crippen molar-refractivity contribution in [3.63, 3.8) is 0 Å². The van der Waals surface area contributed by atoms with Gasteiger partial charge in [0.05, 0.1) is 6.61 Å². The molecule has 1 aromatic rings. The van der Waals surface area contributed by atoms with E-state index in [0.717, 1.165) is 31.4 Å². The number of nitrogens with one attached hydrogen (secondary N) is 1. The maximum atomic E-state index is 11.7. The molecule has 17 heavy (non-hydrogen) atoms. The van der Waals surface area contributed by atoms with Gasteiger partial charge < -0.3 is 4.74 Å². The molecule has 0 amide bonds. The molecule has 0 unspecified atom stereocenters. The SMILES string of the molecule is CCCC(CCC)c1n[nH]nc1C(=O)OCC. The molecule has 96 valence electrons. The highest BCUT2D eigenvalue weighted by Gasteiger charge is 2.23. The van der Waals surface area contributed by atoms with E-state index in [9.17, 15) is 4.79 Å². The van der Waals surface area contributed by atoms with Crippen molar-refractivity contribution in [1.82, 2.24) is 15.4 Å². The highest BCUT2D eigenvalue weighted by molar-refractivity contribution is 5.88. The molecule has 0 atom stereocenters. The van der Waals surface area contributed by atoms with Crippen molar-refractivity contribution in [3.8, 4) is 0 Å². The van der Waals surface area contributed by atoms with Gasteiger partial charge in [-0.2, -0.15) is 10.3 Å². The molecule has 1 rings (SSSR count). The molecule has 1 aromatic heterocycles. The summed E-state index contributed by atoms with van der Waals surface area (Å²) in [6.45, 7) is 6.41. The second-order valence-corrected chi connectivity index (χ2v) is 4.05. The highest BCUT2D eigenvalue weighted by atomic mass is 16.5. The lowest BCUT2D eigenvalue weighted by Crippen LogP contribution is -2.11. The summed E-state index contributed by atoms with van der Waals surface area (Å²) in [5.41, 5.74) is 1.10. The van der Waals surface area contributed by atoms with Crippen LogP contribution in [-0.2, 0) is 4.74 Å². The first-order valence-electron chi connectivity index (χ1n) is 6.32. The topological polar surface area (TPSA) is 67.9 Å². The Balaban J connectivity index is 2.87. The molecule has 5 nitrogen and oxygen atoms in total. The van der Waals surface area contributed by atoms with Gasteiger partial charge >= 0.3 is 5.97 Å². The van der Waals surface area contributed by atoms with E-state index in [4.69, 9.17) is 4.74 Å². The molecule has 0 fully saturated rings. The minimum Gasteiger partial charge on any atom is -0.461 e. The molecule has 0 aliphatic rings. The molecule has 0 saturated heterocycles. The molecular formula is C12H21N3O2. The van der Waals surface area contributed by atoms with Crippen LogP contribution in [0.4, 0.5) is 0 Å². The van der Waals surface area contributed by atoms with Crippen molar-refractivity contribution in [2.24, 2.45) is 0 Å². The number of rotatable bonds is 7. The lowest BCUT2D eigenvalue weighted by Gasteiger charge is -2.13. The Labute approximate surface area is 102 Å². The van der Waals surface area contributed by atoms with Gasteiger partial charge in [-0.25, -0.2) is 4.79 Å². The van der Waals surface area contributed by atoms with Crippen LogP contribution >= 0.6 is 0 Å². The minimum atomic E-state index is -0.381. The van der Waals surface area contributed by atoms with E-state index in [2.05, 4.69) is 29.3 Å². The molecule has 5 heteroatoms. The molecule has 0 aliphatic carbocycles. The van der Waals surface area contributed by atoms with Gasteiger partial charge in [0.1, 0.15) is 5.69 Å². The lowest BCUT2D eigenvalue weighted by atomic mass is 9.93. The number of carbonyl (C=O) groups excluding carboxylic acids is 1. The summed E-state index contributed by atoms with van der Waals surface area (Å²) in [4.78, 5) is 11.7. The lowest BCUT2D eigenvalue weighted by molar-refractivity contribution is 0.0517. The summed E-state index contributed by atoms with van der Waals surface area (Å²) in [5, 5.41) is 10.6. The third-order valence-electron chi connectivity index (χ3n) is 2.70. The van der Waals surface area contributed by atoms with Crippen molar-refractivity contribution in [2.75, 3.05) is 6.61 Å². The van der Waals surface area contributed by atoms with Crippen LogP contribution in [0.15, 0.2) is 0 Å². The summed E-state index contributed by atoms with van der Waals surface area (Å²) in [6, 6.07) is 0. The van der Waals surface area contributed by atoms with E-state index < -0.39 is 0 Å². The van der Waals surface area contributed by atoms with Crippen molar-refractivity contribution < 1.29 is 9.53 Å². The number of carbonyl (C=O) groups is 1. The Bertz CT molecular complexity index is 343. The average Bonchev–Trinajstić information content (AvgIpc) is 2.78. The monoisotopic (exact) mass is 239 g/mol. The zero-order valence-electron chi connectivity index (χ0n) is 10.8. The van der Waals surface area contributed by atoms with E-state index in [0.29, 0.717) is 18.2 Å². The van der Waals surface area contributed by atoms with Crippen LogP contribution in [0.25, 0.3) is 0 Å². The van der Waals surface area contributed by atoms with Gasteiger partial charge in [0.25, 0.3) is 0 Å². The summed E-state index contributed by atoms with van der Waals surface area (Å²) >= 11 is 0. The second-order valence-electron chi connectivity index (χ2n) is 4.05. The van der Waals surface area contributed by atoms with Gasteiger partial charge in [-0.15, -0.1) is 5.10 Å². The fourth-order valence-corrected chi connectivity index (χ4v) is 1.99. The number of hydrogen-bond donors (Lipinski definition) is 1. The Morgan fingerprint density at radius 2 is 1.88 bits per heavy atom. The van der Waals surface area contributed by atoms with Gasteiger partial charge in [-0.1, -0.05) is 26.7 Å². The fourth-order valence-electron chi connectivity index (χ4n) is 1.99. The number of H-pyrrole nitrogens is 1. The summed E-state index contributed by atoms with van der Waals surface area (Å²) < 4.78 is 4.97. The Morgan fingerprint density at radius 1 is 1.24 bits per heavy atom. The molecule has 0 aliphatic heterocycles. The normalized spacial score (nSPS) is 10.8. The molecule has 0 spiro atoms. The van der Waals surface area contributed by atoms with Crippen LogP contribution in [0.1, 0.15) is 68.6 Å². The molecule has 0 aromatic carbocycles. The third kappa shape index (κ3) is 3.54. The highest BCUT2D eigenvalue weighted by Crippen LogP contribution is 2.26. The maximum Gasteiger partial charge on any atom is 0.360 e. The number of hydrogen-bond acceptors (Lipinski definition) is 4. The zero-order valence-corrected chi connectivity index (χ0v) is 10.8. The number of nitrogens with zero attached hydrogens (tertiary/aromatic N) is 2. The maximum absolute atomic E-state index is 11.7. The standard InChI is InChI=1S/C12H21N3O2/c1-4-7-9(8-5-2)10-11(14-15-13-10)12(16)17-6-3/h9H,4-8H2,1-3H3,(H,13,14,15). The van der Waals surface area contributed by atoms with Crippen LogP contribution in [0, 0.1) is 0 Å². The van der Waals surface area contributed by atoms with E-state index in [1.54, 1.807) is 6.92 Å². The molecule has 1 heterocycles. The van der Waals surface area contributed by atoms with E-state index in [-0.39, 0.29) is 5.97 Å². The quantitative estimate of drug-likeness (QED) is 0.743. The predicted molar refractivity (Wildman–Crippen MR) is 64.9 cm³/mol. The van der Waals surface area contributed by atoms with Gasteiger partial charge in [-0.05, 0) is 19.8 Å². The molecular weight excluding hydrogens is 218 g/mol. The van der Waals surface area contributed by atoms with Crippen LogP contribution in [-0.4, -0.2) is 28.0 Å².